The summed E-state index contributed by atoms with van der Waals surface area (Å²) in [6, 6.07) is 3.95. The molecule has 0 amide bonds. The number of rotatable bonds is 3. The summed E-state index contributed by atoms with van der Waals surface area (Å²) >= 11 is 0. The molecule has 9 heteroatoms. The molecule has 0 saturated carbocycles. The minimum atomic E-state index is -0.643. The second kappa shape index (κ2) is 5.04. The van der Waals surface area contributed by atoms with Crippen LogP contribution in [0.1, 0.15) is 32.5 Å². The van der Waals surface area contributed by atoms with Crippen molar-refractivity contribution in [2.75, 3.05) is 0 Å². The first-order chi connectivity index (χ1) is 10.8. The van der Waals surface area contributed by atoms with E-state index in [1.807, 2.05) is 20.8 Å². The molecule has 0 spiro atoms. The molecule has 0 N–H and O–H groups in total. The van der Waals surface area contributed by atoms with Gasteiger partial charge < -0.3 is 8.94 Å². The molecule has 3 rings (SSSR count). The summed E-state index contributed by atoms with van der Waals surface area (Å²) in [6.45, 7) is 5.79. The van der Waals surface area contributed by atoms with Gasteiger partial charge in [0.1, 0.15) is 6.54 Å². The maximum Gasteiger partial charge on any atom is 0.420 e. The third-order valence-electron chi connectivity index (χ3n) is 3.29. The van der Waals surface area contributed by atoms with E-state index >= 15 is 0 Å². The van der Waals surface area contributed by atoms with Crippen molar-refractivity contribution < 1.29 is 13.9 Å². The first-order valence-corrected chi connectivity index (χ1v) is 6.86. The van der Waals surface area contributed by atoms with Crippen LogP contribution >= 0.6 is 0 Å². The zero-order valence-electron chi connectivity index (χ0n) is 12.8. The summed E-state index contributed by atoms with van der Waals surface area (Å²) in [5.41, 5.74) is 0.146. The van der Waals surface area contributed by atoms with Crippen molar-refractivity contribution in [3.63, 3.8) is 0 Å². The molecule has 120 valence electrons. The van der Waals surface area contributed by atoms with Crippen LogP contribution in [-0.2, 0) is 12.0 Å². The van der Waals surface area contributed by atoms with Gasteiger partial charge in [-0.15, -0.1) is 0 Å². The molecule has 2 aromatic heterocycles. The molecule has 0 aliphatic carbocycles. The number of nitrogens with zero attached hydrogens (tertiary/aromatic N) is 4. The van der Waals surface area contributed by atoms with E-state index < -0.39 is 10.7 Å². The summed E-state index contributed by atoms with van der Waals surface area (Å²) in [6.07, 6.45) is 0. The number of nitro benzene ring substituents is 1. The second-order valence-corrected chi connectivity index (χ2v) is 6.12. The zero-order chi connectivity index (χ0) is 16.8. The van der Waals surface area contributed by atoms with Crippen molar-refractivity contribution in [2.45, 2.75) is 32.7 Å². The predicted octanol–water partition coefficient (Wildman–Crippen LogP) is 2.23. The van der Waals surface area contributed by atoms with E-state index in [1.54, 1.807) is 0 Å². The molecular weight excluding hydrogens is 304 g/mol. The highest BCUT2D eigenvalue weighted by Crippen LogP contribution is 2.22. The molecule has 9 nitrogen and oxygen atoms in total. The van der Waals surface area contributed by atoms with Crippen LogP contribution in [0.15, 0.2) is 31.9 Å². The Morgan fingerprint density at radius 1 is 1.35 bits per heavy atom. The molecule has 3 aromatic rings. The summed E-state index contributed by atoms with van der Waals surface area (Å²) in [4.78, 5) is 26.6. The van der Waals surface area contributed by atoms with Gasteiger partial charge in [-0.2, -0.15) is 4.98 Å². The Labute approximate surface area is 129 Å². The van der Waals surface area contributed by atoms with Crippen molar-refractivity contribution in [2.24, 2.45) is 0 Å². The first-order valence-electron chi connectivity index (χ1n) is 6.86. The number of hydrogen-bond acceptors (Lipinski definition) is 7. The third-order valence-corrected chi connectivity index (χ3v) is 3.29. The fourth-order valence-electron chi connectivity index (χ4n) is 2.07. The Balaban J connectivity index is 2.04. The maximum absolute atomic E-state index is 12.0. The van der Waals surface area contributed by atoms with Crippen LogP contribution in [0.4, 0.5) is 5.69 Å². The lowest BCUT2D eigenvalue weighted by atomic mass is 9.96. The van der Waals surface area contributed by atoms with Gasteiger partial charge in [0.15, 0.2) is 11.4 Å². The van der Waals surface area contributed by atoms with Crippen LogP contribution < -0.4 is 5.76 Å². The van der Waals surface area contributed by atoms with E-state index in [9.17, 15) is 14.9 Å². The van der Waals surface area contributed by atoms with Crippen LogP contribution in [0.2, 0.25) is 0 Å². The Hall–Kier alpha value is -2.97. The van der Waals surface area contributed by atoms with E-state index in [2.05, 4.69) is 10.1 Å². The molecule has 0 fully saturated rings. The second-order valence-electron chi connectivity index (χ2n) is 6.12. The van der Waals surface area contributed by atoms with Gasteiger partial charge in [-0.05, 0) is 6.07 Å². The van der Waals surface area contributed by atoms with Gasteiger partial charge in [-0.3, -0.25) is 14.7 Å². The van der Waals surface area contributed by atoms with E-state index in [0.717, 1.165) is 0 Å². The number of benzene rings is 1. The fourth-order valence-corrected chi connectivity index (χ4v) is 2.07. The molecule has 23 heavy (non-hydrogen) atoms. The topological polar surface area (TPSA) is 117 Å². The van der Waals surface area contributed by atoms with Crippen molar-refractivity contribution in [3.8, 4) is 0 Å². The number of non-ortho nitro benzene ring substituents is 1. The van der Waals surface area contributed by atoms with Crippen LogP contribution in [0, 0.1) is 10.1 Å². The van der Waals surface area contributed by atoms with Gasteiger partial charge in [0.2, 0.25) is 5.89 Å². The number of aromatic nitrogens is 3. The largest absolute Gasteiger partial charge is 0.420 e. The highest BCUT2D eigenvalue weighted by atomic mass is 16.6. The molecular formula is C14H14N4O5. The summed E-state index contributed by atoms with van der Waals surface area (Å²) in [7, 11) is 0. The minimum absolute atomic E-state index is 0.0178. The molecule has 1 aromatic carbocycles. The molecule has 0 bridgehead atoms. The van der Waals surface area contributed by atoms with Crippen molar-refractivity contribution in [3.05, 3.63) is 50.6 Å². The normalized spacial score (nSPS) is 12.0. The average Bonchev–Trinajstić information content (AvgIpc) is 3.04. The molecule has 0 atom stereocenters. The standard InChI is InChI=1S/C14H14N4O5/c1-14(2,3)12-15-11(23-16-12)7-17-9-6-8(18(20)21)4-5-10(9)22-13(17)19/h4-6H,7H2,1-3H3. The number of hydrogen-bond donors (Lipinski definition) is 0. The Morgan fingerprint density at radius 2 is 2.09 bits per heavy atom. The van der Waals surface area contributed by atoms with Crippen LogP contribution in [0.3, 0.4) is 0 Å². The molecule has 0 aliphatic rings. The van der Waals surface area contributed by atoms with E-state index in [4.69, 9.17) is 8.94 Å². The Kier molecular flexibility index (Phi) is 3.28. The lowest BCUT2D eigenvalue weighted by Gasteiger charge is -2.10. The van der Waals surface area contributed by atoms with Gasteiger partial charge >= 0.3 is 5.76 Å². The SMILES string of the molecule is CC(C)(C)c1noc(Cn2c(=O)oc3ccc([N+](=O)[O-])cc32)n1. The van der Waals surface area contributed by atoms with Gasteiger partial charge in [-0.25, -0.2) is 4.79 Å². The van der Waals surface area contributed by atoms with Crippen molar-refractivity contribution in [1.29, 1.82) is 0 Å². The van der Waals surface area contributed by atoms with Gasteiger partial charge in [0.05, 0.1) is 10.4 Å². The molecule has 0 unspecified atom stereocenters. The molecule has 0 saturated heterocycles. The van der Waals surface area contributed by atoms with Crippen molar-refractivity contribution >= 4 is 16.8 Å². The van der Waals surface area contributed by atoms with E-state index in [1.165, 1.54) is 22.8 Å². The lowest BCUT2D eigenvalue weighted by molar-refractivity contribution is -0.384. The smallest absolute Gasteiger partial charge is 0.408 e. The Morgan fingerprint density at radius 3 is 2.70 bits per heavy atom. The molecule has 0 aliphatic heterocycles. The number of fused-ring (bicyclic) bond motifs is 1. The first kappa shape index (κ1) is 14.9. The molecule has 0 radical (unpaired) electrons. The molecule has 2 heterocycles. The summed E-state index contributed by atoms with van der Waals surface area (Å²) < 4.78 is 11.4. The van der Waals surface area contributed by atoms with Crippen LogP contribution in [-0.4, -0.2) is 19.6 Å². The third kappa shape index (κ3) is 2.72. The fraction of sp³-hybridized carbons (Fsp3) is 0.357. The highest BCUT2D eigenvalue weighted by Gasteiger charge is 2.22. The predicted molar refractivity (Wildman–Crippen MR) is 79.2 cm³/mol. The van der Waals surface area contributed by atoms with Gasteiger partial charge in [0, 0.05) is 17.5 Å². The maximum atomic E-state index is 12.0. The van der Waals surface area contributed by atoms with Gasteiger partial charge in [-0.1, -0.05) is 25.9 Å². The zero-order valence-corrected chi connectivity index (χ0v) is 12.8. The monoisotopic (exact) mass is 318 g/mol. The quantitative estimate of drug-likeness (QED) is 0.536. The van der Waals surface area contributed by atoms with E-state index in [0.29, 0.717) is 11.3 Å². The summed E-state index contributed by atoms with van der Waals surface area (Å²) in [5, 5.41) is 14.8. The average molecular weight is 318 g/mol. The van der Waals surface area contributed by atoms with E-state index in [-0.39, 0.29) is 29.1 Å². The lowest BCUT2D eigenvalue weighted by Crippen LogP contribution is -2.16. The number of nitro groups is 1. The van der Waals surface area contributed by atoms with Crippen molar-refractivity contribution in [1.82, 2.24) is 14.7 Å². The van der Waals surface area contributed by atoms with Crippen LogP contribution in [0.5, 0.6) is 0 Å². The van der Waals surface area contributed by atoms with Gasteiger partial charge in [0.25, 0.3) is 5.69 Å². The Bertz CT molecular complexity index is 944. The highest BCUT2D eigenvalue weighted by molar-refractivity contribution is 5.75. The summed E-state index contributed by atoms with van der Waals surface area (Å²) in [5.74, 6) is 0.0987. The van der Waals surface area contributed by atoms with Crippen LogP contribution in [0.25, 0.3) is 11.1 Å². The number of oxazole rings is 1. The minimum Gasteiger partial charge on any atom is -0.408 e.